The lowest BCUT2D eigenvalue weighted by Gasteiger charge is -2.32. The molecule has 0 fully saturated rings. The molecule has 0 spiro atoms. The van der Waals surface area contributed by atoms with Gasteiger partial charge in [0.2, 0.25) is 0 Å². The van der Waals surface area contributed by atoms with Crippen LogP contribution in [0, 0.1) is 0 Å². The lowest BCUT2D eigenvalue weighted by atomic mass is 9.82. The smallest absolute Gasteiger partial charge is 0.0619 e. The number of hydrogen-bond donors (Lipinski definition) is 0. The molecule has 0 heterocycles. The van der Waals surface area contributed by atoms with E-state index in [9.17, 15) is 0 Å². The van der Waals surface area contributed by atoms with Crippen LogP contribution in [-0.2, 0) is 5.41 Å². The number of benzene rings is 12. The van der Waals surface area contributed by atoms with Gasteiger partial charge in [-0.15, -0.1) is 0 Å². The fourth-order valence-corrected chi connectivity index (χ4v) is 11.4. The Labute approximate surface area is 416 Å². The minimum Gasteiger partial charge on any atom is -0.310 e. The number of anilines is 6. The lowest BCUT2D eigenvalue weighted by molar-refractivity contribution is 0.660. The summed E-state index contributed by atoms with van der Waals surface area (Å²) in [7, 11) is 0. The molecule has 0 bridgehead atoms. The van der Waals surface area contributed by atoms with Gasteiger partial charge in [0.15, 0.2) is 0 Å². The Hall–Kier alpha value is -8.98. The first-order chi connectivity index (χ1) is 35.0. The molecule has 0 saturated heterocycles. The van der Waals surface area contributed by atoms with Crippen LogP contribution in [0.3, 0.4) is 0 Å². The first kappa shape index (κ1) is 42.1. The van der Waals surface area contributed by atoms with Gasteiger partial charge >= 0.3 is 0 Å². The number of fused-ring (bicyclic) bond motifs is 6. The summed E-state index contributed by atoms with van der Waals surface area (Å²) in [6, 6.07) is 97.9. The van der Waals surface area contributed by atoms with Crippen LogP contribution < -0.4 is 9.80 Å². The molecular weight excluding hydrogens is 857 g/mol. The Morgan fingerprint density at radius 2 is 0.746 bits per heavy atom. The van der Waals surface area contributed by atoms with E-state index in [0.29, 0.717) is 0 Å². The number of rotatable bonds is 9. The normalized spacial score (nSPS) is 12.5. The molecule has 0 radical (unpaired) electrons. The molecule has 1 aliphatic carbocycles. The third kappa shape index (κ3) is 7.18. The highest BCUT2D eigenvalue weighted by Crippen LogP contribution is 2.54. The van der Waals surface area contributed by atoms with E-state index in [1.54, 1.807) is 0 Å². The van der Waals surface area contributed by atoms with Gasteiger partial charge in [-0.3, -0.25) is 0 Å². The predicted octanol–water partition coefficient (Wildman–Crippen LogP) is 19.4. The Morgan fingerprint density at radius 1 is 0.282 bits per heavy atom. The minimum atomic E-state index is -0.154. The molecule has 1 aliphatic rings. The van der Waals surface area contributed by atoms with Gasteiger partial charge in [-0.25, -0.2) is 0 Å². The molecule has 336 valence electrons. The van der Waals surface area contributed by atoms with E-state index in [0.717, 1.165) is 28.4 Å². The van der Waals surface area contributed by atoms with E-state index in [1.165, 1.54) is 93.6 Å². The SMILES string of the molecule is CC1(C)c2ccccc2-c2ccc(N(c3cccc4ccccc34)c3c4ccccc4c(-c4ccc(N(c5ccc(-c6ccccc6)cc5)c5cccc(-c6ccccc6)c5)cc4)c4ccccc34)cc21. The van der Waals surface area contributed by atoms with Crippen molar-refractivity contribution >= 4 is 66.4 Å². The first-order valence-corrected chi connectivity index (χ1v) is 24.7. The van der Waals surface area contributed by atoms with Gasteiger partial charge in [-0.05, 0) is 126 Å². The molecule has 12 aromatic rings. The largest absolute Gasteiger partial charge is 0.310 e. The molecule has 13 rings (SSSR count). The molecule has 0 unspecified atom stereocenters. The Bertz CT molecular complexity index is 3880. The molecule has 0 N–H and O–H groups in total. The van der Waals surface area contributed by atoms with Crippen molar-refractivity contribution in [3.63, 3.8) is 0 Å². The van der Waals surface area contributed by atoms with Gasteiger partial charge in [-0.2, -0.15) is 0 Å². The summed E-state index contributed by atoms with van der Waals surface area (Å²) in [5.41, 5.74) is 19.1. The summed E-state index contributed by atoms with van der Waals surface area (Å²) < 4.78 is 0. The summed E-state index contributed by atoms with van der Waals surface area (Å²) in [6.07, 6.45) is 0. The highest BCUT2D eigenvalue weighted by molar-refractivity contribution is 6.23. The summed E-state index contributed by atoms with van der Waals surface area (Å²) >= 11 is 0. The molecule has 2 heteroatoms. The van der Waals surface area contributed by atoms with Crippen molar-refractivity contribution in [2.75, 3.05) is 9.80 Å². The molecular formula is C69H50N2. The first-order valence-electron chi connectivity index (χ1n) is 24.7. The van der Waals surface area contributed by atoms with Crippen LogP contribution in [0.25, 0.3) is 76.8 Å². The maximum atomic E-state index is 2.55. The quantitative estimate of drug-likeness (QED) is 0.133. The molecule has 2 nitrogen and oxygen atoms in total. The summed E-state index contributed by atoms with van der Waals surface area (Å²) in [4.78, 5) is 4.92. The monoisotopic (exact) mass is 906 g/mol. The second kappa shape index (κ2) is 17.2. The fraction of sp³-hybridized carbons (Fsp3) is 0.0435. The van der Waals surface area contributed by atoms with Crippen molar-refractivity contribution < 1.29 is 0 Å². The number of nitrogens with zero attached hydrogens (tertiary/aromatic N) is 2. The highest BCUT2D eigenvalue weighted by Gasteiger charge is 2.36. The molecule has 71 heavy (non-hydrogen) atoms. The second-order valence-corrected chi connectivity index (χ2v) is 19.3. The van der Waals surface area contributed by atoms with Crippen LogP contribution >= 0.6 is 0 Å². The lowest BCUT2D eigenvalue weighted by Crippen LogP contribution is -2.17. The molecule has 12 aromatic carbocycles. The van der Waals surface area contributed by atoms with Crippen molar-refractivity contribution in [3.05, 3.63) is 278 Å². The van der Waals surface area contributed by atoms with E-state index >= 15 is 0 Å². The van der Waals surface area contributed by atoms with Gasteiger partial charge in [-0.1, -0.05) is 226 Å². The zero-order chi connectivity index (χ0) is 47.5. The van der Waals surface area contributed by atoms with Crippen LogP contribution in [0.1, 0.15) is 25.0 Å². The maximum absolute atomic E-state index is 2.55. The van der Waals surface area contributed by atoms with E-state index in [4.69, 9.17) is 0 Å². The van der Waals surface area contributed by atoms with Crippen LogP contribution in [0.5, 0.6) is 0 Å². The topological polar surface area (TPSA) is 6.48 Å². The van der Waals surface area contributed by atoms with Crippen molar-refractivity contribution in [3.8, 4) is 44.5 Å². The molecule has 0 amide bonds. The van der Waals surface area contributed by atoms with Crippen LogP contribution in [-0.4, -0.2) is 0 Å². The second-order valence-electron chi connectivity index (χ2n) is 19.3. The van der Waals surface area contributed by atoms with E-state index < -0.39 is 0 Å². The van der Waals surface area contributed by atoms with Crippen LogP contribution in [0.2, 0.25) is 0 Å². The minimum absolute atomic E-state index is 0.154. The van der Waals surface area contributed by atoms with Gasteiger partial charge < -0.3 is 9.80 Å². The molecule has 0 atom stereocenters. The Balaban J connectivity index is 0.987. The Morgan fingerprint density at radius 3 is 1.42 bits per heavy atom. The third-order valence-electron chi connectivity index (χ3n) is 14.8. The molecule has 0 saturated carbocycles. The van der Waals surface area contributed by atoms with Crippen molar-refractivity contribution in [1.29, 1.82) is 0 Å². The zero-order valence-electron chi connectivity index (χ0n) is 39.8. The standard InChI is InChI=1S/C69H50N2/c1-69(2)64-33-16-15-28-58(64)59-44-43-56(46-65(59)69)71(66-34-18-24-50-23-9-10-27-57(50)66)68-62-31-13-11-29-60(62)67(61-30-12-14-32-63(61)68)51-37-41-54(42-38-51)70(53-39-35-49(36-40-53)47-19-5-3-6-20-47)55-26-17-25-52(45-55)48-21-7-4-8-22-48/h3-46H,1-2H3. The van der Waals surface area contributed by atoms with Crippen molar-refractivity contribution in [1.82, 2.24) is 0 Å². The van der Waals surface area contributed by atoms with E-state index in [2.05, 4.69) is 291 Å². The highest BCUT2D eigenvalue weighted by atomic mass is 15.2. The van der Waals surface area contributed by atoms with Crippen molar-refractivity contribution in [2.24, 2.45) is 0 Å². The average molecular weight is 907 g/mol. The van der Waals surface area contributed by atoms with Gasteiger partial charge in [0.25, 0.3) is 0 Å². The molecule has 0 aliphatic heterocycles. The van der Waals surface area contributed by atoms with Gasteiger partial charge in [0.1, 0.15) is 0 Å². The van der Waals surface area contributed by atoms with Crippen LogP contribution in [0.4, 0.5) is 34.1 Å². The number of hydrogen-bond acceptors (Lipinski definition) is 2. The summed E-state index contributed by atoms with van der Waals surface area (Å²) in [5, 5.41) is 7.22. The van der Waals surface area contributed by atoms with Crippen LogP contribution in [0.15, 0.2) is 267 Å². The third-order valence-corrected chi connectivity index (χ3v) is 14.8. The van der Waals surface area contributed by atoms with E-state index in [-0.39, 0.29) is 5.41 Å². The zero-order valence-corrected chi connectivity index (χ0v) is 39.8. The summed E-state index contributed by atoms with van der Waals surface area (Å²) in [5.74, 6) is 0. The average Bonchev–Trinajstić information content (AvgIpc) is 3.67. The van der Waals surface area contributed by atoms with Gasteiger partial charge in [0.05, 0.1) is 11.4 Å². The maximum Gasteiger partial charge on any atom is 0.0619 e. The molecule has 0 aromatic heterocycles. The predicted molar refractivity (Wildman–Crippen MR) is 302 cm³/mol. The Kier molecular flexibility index (Phi) is 10.2. The summed E-state index contributed by atoms with van der Waals surface area (Å²) in [6.45, 7) is 4.74. The van der Waals surface area contributed by atoms with Gasteiger partial charge in [0, 0.05) is 44.3 Å². The van der Waals surface area contributed by atoms with E-state index in [1.807, 2.05) is 0 Å². The fourth-order valence-electron chi connectivity index (χ4n) is 11.4. The van der Waals surface area contributed by atoms with Crippen molar-refractivity contribution in [2.45, 2.75) is 19.3 Å².